The lowest BCUT2D eigenvalue weighted by Crippen LogP contribution is -2.37. The highest BCUT2D eigenvalue weighted by Crippen LogP contribution is 2.16. The van der Waals surface area contributed by atoms with Gasteiger partial charge in [0.15, 0.2) is 0 Å². The Balaban J connectivity index is 2.28. The van der Waals surface area contributed by atoms with Gasteiger partial charge in [0.1, 0.15) is 12.4 Å². The van der Waals surface area contributed by atoms with Crippen molar-refractivity contribution in [2.24, 2.45) is 0 Å². The van der Waals surface area contributed by atoms with E-state index in [2.05, 4.69) is 42.3 Å². The van der Waals surface area contributed by atoms with Crippen molar-refractivity contribution in [1.82, 2.24) is 4.57 Å². The van der Waals surface area contributed by atoms with Gasteiger partial charge < -0.3 is 0 Å². The Morgan fingerprint density at radius 3 is 1.02 bits per heavy atom. The number of aromatic nitrogens is 2. The molecule has 278 valence electrons. The molecule has 0 radical (unpaired) electrons. The predicted octanol–water partition coefficient (Wildman–Crippen LogP) is 15.4. The zero-order valence-corrected chi connectivity index (χ0v) is 33.1. The molecule has 0 aliphatic heterocycles. The highest BCUT2D eigenvalue weighted by molar-refractivity contribution is 4.84. The molecule has 1 aromatic rings. The molecule has 0 N–H and O–H groups in total. The molecular formula is C45H89N2+. The number of aryl methyl sites for hydroxylation is 2. The van der Waals surface area contributed by atoms with Gasteiger partial charge in [0, 0.05) is 6.42 Å². The van der Waals surface area contributed by atoms with E-state index >= 15 is 0 Å². The highest BCUT2D eigenvalue weighted by Gasteiger charge is 2.16. The van der Waals surface area contributed by atoms with Crippen molar-refractivity contribution in [1.29, 1.82) is 0 Å². The Hall–Kier alpha value is -0.790. The van der Waals surface area contributed by atoms with Crippen LogP contribution in [0.3, 0.4) is 0 Å². The van der Waals surface area contributed by atoms with Crippen LogP contribution < -0.4 is 4.57 Å². The lowest BCUT2D eigenvalue weighted by atomic mass is 10.0. The molecule has 0 aromatic carbocycles. The van der Waals surface area contributed by atoms with E-state index in [-0.39, 0.29) is 0 Å². The zero-order chi connectivity index (χ0) is 33.7. The molecule has 0 aliphatic rings. The molecule has 0 spiro atoms. The van der Waals surface area contributed by atoms with E-state index in [1.54, 1.807) is 5.82 Å². The van der Waals surface area contributed by atoms with Crippen LogP contribution in [-0.4, -0.2) is 4.57 Å². The average molecular weight is 658 g/mol. The van der Waals surface area contributed by atoms with E-state index in [0.29, 0.717) is 0 Å². The SMILES string of the molecule is CCCCCCCCCCCCCCCc1n(CCCCCCCCCCCCCCC)cc[n+]1CCCCCCCCCCCC. The number of unbranched alkanes of at least 4 members (excludes halogenated alkanes) is 33. The first-order valence-electron chi connectivity index (χ1n) is 22.4. The lowest BCUT2D eigenvalue weighted by Gasteiger charge is -2.07. The molecule has 1 heterocycles. The second-order valence-electron chi connectivity index (χ2n) is 15.5. The summed E-state index contributed by atoms with van der Waals surface area (Å²) in [6.07, 6.45) is 57.8. The van der Waals surface area contributed by atoms with Crippen molar-refractivity contribution in [3.63, 3.8) is 0 Å². The molecule has 47 heavy (non-hydrogen) atoms. The Morgan fingerprint density at radius 2 is 0.660 bits per heavy atom. The molecule has 0 unspecified atom stereocenters. The molecule has 0 saturated carbocycles. The molecule has 1 rings (SSSR count). The van der Waals surface area contributed by atoms with Crippen molar-refractivity contribution in [3.8, 4) is 0 Å². The van der Waals surface area contributed by atoms with Crippen LogP contribution in [0.2, 0.25) is 0 Å². The summed E-state index contributed by atoms with van der Waals surface area (Å²) in [7, 11) is 0. The third-order valence-electron chi connectivity index (χ3n) is 10.8. The van der Waals surface area contributed by atoms with Gasteiger partial charge >= 0.3 is 0 Å². The lowest BCUT2D eigenvalue weighted by molar-refractivity contribution is -0.704. The summed E-state index contributed by atoms with van der Waals surface area (Å²) >= 11 is 0. The summed E-state index contributed by atoms with van der Waals surface area (Å²) in [5, 5.41) is 0. The summed E-state index contributed by atoms with van der Waals surface area (Å²) in [5.74, 6) is 1.63. The van der Waals surface area contributed by atoms with E-state index in [9.17, 15) is 0 Å². The van der Waals surface area contributed by atoms with Gasteiger partial charge in [-0.3, -0.25) is 0 Å². The average Bonchev–Trinajstić information content (AvgIpc) is 3.47. The van der Waals surface area contributed by atoms with E-state index in [4.69, 9.17) is 0 Å². The first-order chi connectivity index (χ1) is 23.3. The van der Waals surface area contributed by atoms with Crippen molar-refractivity contribution in [2.45, 2.75) is 271 Å². The van der Waals surface area contributed by atoms with Gasteiger partial charge in [-0.25, -0.2) is 9.13 Å². The topological polar surface area (TPSA) is 8.81 Å². The van der Waals surface area contributed by atoms with Crippen molar-refractivity contribution in [2.75, 3.05) is 0 Å². The quantitative estimate of drug-likeness (QED) is 0.0492. The van der Waals surface area contributed by atoms with Gasteiger partial charge in [0.05, 0.1) is 13.1 Å². The van der Waals surface area contributed by atoms with Gasteiger partial charge in [0.25, 0.3) is 5.82 Å². The van der Waals surface area contributed by atoms with Crippen LogP contribution >= 0.6 is 0 Å². The molecule has 0 aliphatic carbocycles. The zero-order valence-electron chi connectivity index (χ0n) is 33.1. The molecule has 0 amide bonds. The number of imidazole rings is 1. The third-order valence-corrected chi connectivity index (χ3v) is 10.8. The Labute approximate surface area is 298 Å². The van der Waals surface area contributed by atoms with Gasteiger partial charge in [-0.05, 0) is 32.1 Å². The minimum atomic E-state index is 1.23. The van der Waals surface area contributed by atoms with Gasteiger partial charge in [0.2, 0.25) is 0 Å². The molecular weight excluding hydrogens is 569 g/mol. The van der Waals surface area contributed by atoms with Crippen molar-refractivity contribution >= 4 is 0 Å². The van der Waals surface area contributed by atoms with E-state index in [0.717, 1.165) is 0 Å². The highest BCUT2D eigenvalue weighted by atomic mass is 15.1. The summed E-state index contributed by atoms with van der Waals surface area (Å²) in [5.41, 5.74) is 0. The molecule has 0 saturated heterocycles. The summed E-state index contributed by atoms with van der Waals surface area (Å²) < 4.78 is 5.29. The Bertz CT molecular complexity index is 722. The fourth-order valence-electron chi connectivity index (χ4n) is 7.56. The van der Waals surface area contributed by atoms with Crippen LogP contribution in [-0.2, 0) is 19.5 Å². The molecule has 1 aromatic heterocycles. The maximum Gasteiger partial charge on any atom is 0.256 e. The monoisotopic (exact) mass is 658 g/mol. The normalized spacial score (nSPS) is 11.6. The van der Waals surface area contributed by atoms with E-state index in [1.807, 2.05) is 0 Å². The minimum absolute atomic E-state index is 1.23. The number of nitrogens with zero attached hydrogens (tertiary/aromatic N) is 2. The van der Waals surface area contributed by atoms with Crippen LogP contribution in [0.1, 0.15) is 258 Å². The van der Waals surface area contributed by atoms with E-state index in [1.165, 1.54) is 251 Å². The smallest absolute Gasteiger partial charge is 0.234 e. The fraction of sp³-hybridized carbons (Fsp3) is 0.933. The molecule has 2 heteroatoms. The largest absolute Gasteiger partial charge is 0.256 e. The number of rotatable bonds is 39. The maximum atomic E-state index is 2.65. The second kappa shape index (κ2) is 36.5. The molecule has 0 atom stereocenters. The molecule has 0 bridgehead atoms. The first-order valence-corrected chi connectivity index (χ1v) is 22.4. The molecule has 2 nitrogen and oxygen atoms in total. The standard InChI is InChI=1S/C45H89N2/c1-4-7-10-13-16-19-22-24-26-28-31-34-37-40-45-46(41-38-35-32-29-21-18-15-12-9-6-3)43-44-47(45)42-39-36-33-30-27-25-23-20-17-14-11-8-5-2/h43-44H,4-42H2,1-3H3/q+1. The van der Waals surface area contributed by atoms with E-state index < -0.39 is 0 Å². The number of hydrogen-bond donors (Lipinski definition) is 0. The second-order valence-corrected chi connectivity index (χ2v) is 15.5. The summed E-state index contributed by atoms with van der Waals surface area (Å²) in [4.78, 5) is 0. The van der Waals surface area contributed by atoms with Crippen LogP contribution in [0.15, 0.2) is 12.4 Å². The number of hydrogen-bond acceptors (Lipinski definition) is 0. The first kappa shape index (κ1) is 44.2. The van der Waals surface area contributed by atoms with Crippen LogP contribution in [0, 0.1) is 0 Å². The summed E-state index contributed by atoms with van der Waals surface area (Å²) in [6.45, 7) is 9.41. The van der Waals surface area contributed by atoms with Gasteiger partial charge in [-0.1, -0.05) is 220 Å². The Kier molecular flexibility index (Phi) is 34.3. The third kappa shape index (κ3) is 28.7. The minimum Gasteiger partial charge on any atom is -0.234 e. The van der Waals surface area contributed by atoms with Crippen molar-refractivity contribution in [3.05, 3.63) is 18.2 Å². The maximum absolute atomic E-state index is 2.65. The predicted molar refractivity (Wildman–Crippen MR) is 212 cm³/mol. The Morgan fingerprint density at radius 1 is 0.362 bits per heavy atom. The van der Waals surface area contributed by atoms with Gasteiger partial charge in [-0.2, -0.15) is 0 Å². The van der Waals surface area contributed by atoms with Crippen LogP contribution in [0.5, 0.6) is 0 Å². The van der Waals surface area contributed by atoms with Crippen LogP contribution in [0.4, 0.5) is 0 Å². The summed E-state index contributed by atoms with van der Waals surface area (Å²) in [6, 6.07) is 0. The fourth-order valence-corrected chi connectivity index (χ4v) is 7.56. The molecule has 0 fully saturated rings. The van der Waals surface area contributed by atoms with Gasteiger partial charge in [-0.15, -0.1) is 0 Å². The van der Waals surface area contributed by atoms with Crippen LogP contribution in [0.25, 0.3) is 0 Å². The van der Waals surface area contributed by atoms with Crippen molar-refractivity contribution < 1.29 is 4.57 Å².